The maximum absolute atomic E-state index is 3.26. The molecule has 0 aliphatic carbocycles. The highest BCUT2D eigenvalue weighted by atomic mass is 14.7. The number of fused-ring (bicyclic) bond motifs is 1. The van der Waals surface area contributed by atoms with Gasteiger partial charge in [-0.15, -0.1) is 0 Å². The molecule has 1 nitrogen and oxygen atoms in total. The third-order valence-corrected chi connectivity index (χ3v) is 2.87. The molecule has 0 saturated heterocycles. The van der Waals surface area contributed by atoms with E-state index in [1.807, 2.05) is 6.07 Å². The molecule has 1 aromatic carbocycles. The molecule has 0 radical (unpaired) electrons. The van der Waals surface area contributed by atoms with Crippen molar-refractivity contribution < 1.29 is 0 Å². The monoisotopic (exact) mass is 231 g/mol. The summed E-state index contributed by atoms with van der Waals surface area (Å²) >= 11 is 0. The van der Waals surface area contributed by atoms with E-state index in [0.717, 1.165) is 0 Å². The standard InChI is InChI=1S/C9H9N.C7H16/c1-7-6-8-4-2-3-5-9(8)10-7;1-3-5-7-6-4-2/h2-6,10H,1H3;3-7H2,1-2H3. The molecule has 2 rings (SSSR count). The average Bonchev–Trinajstić information content (AvgIpc) is 2.70. The molecular formula is C16H25N. The Labute approximate surface area is 105 Å². The number of rotatable bonds is 4. The van der Waals surface area contributed by atoms with Crippen molar-refractivity contribution in [3.05, 3.63) is 36.0 Å². The predicted octanol–water partition coefficient (Wildman–Crippen LogP) is 5.45. The van der Waals surface area contributed by atoms with E-state index in [1.54, 1.807) is 0 Å². The Morgan fingerprint density at radius 1 is 0.941 bits per heavy atom. The summed E-state index contributed by atoms with van der Waals surface area (Å²) in [5.74, 6) is 0. The van der Waals surface area contributed by atoms with Crippen molar-refractivity contribution in [1.82, 2.24) is 4.98 Å². The molecule has 1 aromatic heterocycles. The normalized spacial score (nSPS) is 10.1. The van der Waals surface area contributed by atoms with Gasteiger partial charge in [0.05, 0.1) is 0 Å². The molecule has 1 N–H and O–H groups in total. The Bertz CT molecular complexity index is 377. The number of para-hydroxylation sites is 1. The van der Waals surface area contributed by atoms with Crippen molar-refractivity contribution in [3.63, 3.8) is 0 Å². The third kappa shape index (κ3) is 5.08. The number of unbranched alkanes of at least 4 members (excludes halogenated alkanes) is 4. The van der Waals surface area contributed by atoms with Crippen LogP contribution in [0, 0.1) is 6.92 Å². The van der Waals surface area contributed by atoms with Crippen LogP contribution >= 0.6 is 0 Å². The molecule has 0 unspecified atom stereocenters. The quantitative estimate of drug-likeness (QED) is 0.673. The van der Waals surface area contributed by atoms with Crippen molar-refractivity contribution in [2.45, 2.75) is 52.9 Å². The molecule has 17 heavy (non-hydrogen) atoms. The lowest BCUT2D eigenvalue weighted by Crippen LogP contribution is -1.70. The van der Waals surface area contributed by atoms with E-state index in [-0.39, 0.29) is 0 Å². The topological polar surface area (TPSA) is 15.8 Å². The maximum Gasteiger partial charge on any atom is 0.0455 e. The van der Waals surface area contributed by atoms with E-state index in [1.165, 1.54) is 48.7 Å². The molecule has 94 valence electrons. The van der Waals surface area contributed by atoms with Gasteiger partial charge in [0.1, 0.15) is 0 Å². The first-order chi connectivity index (χ1) is 8.27. The molecular weight excluding hydrogens is 206 g/mol. The summed E-state index contributed by atoms with van der Waals surface area (Å²) in [7, 11) is 0. The summed E-state index contributed by atoms with van der Waals surface area (Å²) in [5, 5.41) is 1.29. The minimum absolute atomic E-state index is 1.22. The van der Waals surface area contributed by atoms with Crippen LogP contribution in [0.25, 0.3) is 10.9 Å². The van der Waals surface area contributed by atoms with Gasteiger partial charge < -0.3 is 4.98 Å². The van der Waals surface area contributed by atoms with Crippen LogP contribution in [-0.4, -0.2) is 4.98 Å². The molecule has 1 heterocycles. The Hall–Kier alpha value is -1.24. The van der Waals surface area contributed by atoms with Gasteiger partial charge in [-0.3, -0.25) is 0 Å². The highest BCUT2D eigenvalue weighted by molar-refractivity contribution is 5.79. The van der Waals surface area contributed by atoms with E-state index >= 15 is 0 Å². The van der Waals surface area contributed by atoms with E-state index in [2.05, 4.69) is 50.0 Å². The van der Waals surface area contributed by atoms with Crippen molar-refractivity contribution in [2.75, 3.05) is 0 Å². The summed E-state index contributed by atoms with van der Waals surface area (Å²) in [4.78, 5) is 3.26. The van der Waals surface area contributed by atoms with Crippen LogP contribution in [0.1, 0.15) is 51.6 Å². The lowest BCUT2D eigenvalue weighted by atomic mass is 10.2. The van der Waals surface area contributed by atoms with Gasteiger partial charge in [-0.1, -0.05) is 64.2 Å². The smallest absolute Gasteiger partial charge is 0.0455 e. The first kappa shape index (κ1) is 13.8. The fraction of sp³-hybridized carbons (Fsp3) is 0.500. The highest BCUT2D eigenvalue weighted by Gasteiger charge is 1.92. The molecule has 0 amide bonds. The fourth-order valence-electron chi connectivity index (χ4n) is 1.90. The summed E-state index contributed by atoms with van der Waals surface area (Å²) in [5.41, 5.74) is 2.45. The van der Waals surface area contributed by atoms with Crippen LogP contribution in [-0.2, 0) is 0 Å². The Morgan fingerprint density at radius 3 is 2.18 bits per heavy atom. The van der Waals surface area contributed by atoms with Gasteiger partial charge in [-0.05, 0) is 24.4 Å². The number of hydrogen-bond donors (Lipinski definition) is 1. The molecule has 0 aliphatic rings. The van der Waals surface area contributed by atoms with Crippen LogP contribution in [0.5, 0.6) is 0 Å². The first-order valence-corrected chi connectivity index (χ1v) is 6.82. The molecule has 0 aliphatic heterocycles. The Morgan fingerprint density at radius 2 is 1.59 bits per heavy atom. The molecule has 0 spiro atoms. The SMILES string of the molecule is CCCCCCC.Cc1cc2ccccc2[nH]1. The number of aromatic amines is 1. The highest BCUT2D eigenvalue weighted by Crippen LogP contribution is 2.12. The number of H-pyrrole nitrogens is 1. The van der Waals surface area contributed by atoms with Gasteiger partial charge >= 0.3 is 0 Å². The summed E-state index contributed by atoms with van der Waals surface area (Å²) in [6.07, 6.45) is 7.01. The van der Waals surface area contributed by atoms with Crippen LogP contribution < -0.4 is 0 Å². The minimum atomic E-state index is 1.22. The maximum atomic E-state index is 3.26. The van der Waals surface area contributed by atoms with Crippen LogP contribution in [0.2, 0.25) is 0 Å². The van der Waals surface area contributed by atoms with Gasteiger partial charge in [0, 0.05) is 11.2 Å². The molecule has 2 aromatic rings. The number of aryl methyl sites for hydroxylation is 1. The van der Waals surface area contributed by atoms with Gasteiger partial charge in [-0.25, -0.2) is 0 Å². The fourth-order valence-corrected chi connectivity index (χ4v) is 1.90. The number of hydrogen-bond acceptors (Lipinski definition) is 0. The summed E-state index contributed by atoms with van der Waals surface area (Å²) in [6, 6.07) is 10.4. The van der Waals surface area contributed by atoms with E-state index in [9.17, 15) is 0 Å². The summed E-state index contributed by atoms with van der Waals surface area (Å²) < 4.78 is 0. The van der Waals surface area contributed by atoms with E-state index in [4.69, 9.17) is 0 Å². The van der Waals surface area contributed by atoms with Crippen molar-refractivity contribution in [3.8, 4) is 0 Å². The van der Waals surface area contributed by atoms with Gasteiger partial charge in [0.2, 0.25) is 0 Å². The molecule has 0 bridgehead atoms. The average molecular weight is 231 g/mol. The molecule has 0 fully saturated rings. The van der Waals surface area contributed by atoms with E-state index in [0.29, 0.717) is 0 Å². The lowest BCUT2D eigenvalue weighted by Gasteiger charge is -1.90. The zero-order valence-electron chi connectivity index (χ0n) is 11.4. The van der Waals surface area contributed by atoms with E-state index < -0.39 is 0 Å². The van der Waals surface area contributed by atoms with Crippen molar-refractivity contribution >= 4 is 10.9 Å². The lowest BCUT2D eigenvalue weighted by molar-refractivity contribution is 0.656. The Kier molecular flexibility index (Phi) is 6.46. The molecule has 0 saturated carbocycles. The van der Waals surface area contributed by atoms with Gasteiger partial charge in [0.25, 0.3) is 0 Å². The minimum Gasteiger partial charge on any atom is -0.359 e. The predicted molar refractivity (Wildman–Crippen MR) is 77.5 cm³/mol. The van der Waals surface area contributed by atoms with Crippen LogP contribution in [0.4, 0.5) is 0 Å². The van der Waals surface area contributed by atoms with Gasteiger partial charge in [-0.2, -0.15) is 0 Å². The van der Waals surface area contributed by atoms with Crippen molar-refractivity contribution in [1.29, 1.82) is 0 Å². The van der Waals surface area contributed by atoms with Crippen molar-refractivity contribution in [2.24, 2.45) is 0 Å². The van der Waals surface area contributed by atoms with Crippen LogP contribution in [0.3, 0.4) is 0 Å². The third-order valence-electron chi connectivity index (χ3n) is 2.87. The number of aromatic nitrogens is 1. The second-order valence-corrected chi connectivity index (χ2v) is 4.60. The first-order valence-electron chi connectivity index (χ1n) is 6.82. The second-order valence-electron chi connectivity index (χ2n) is 4.60. The Balaban J connectivity index is 0.000000185. The summed E-state index contributed by atoms with van der Waals surface area (Å²) in [6.45, 7) is 6.56. The number of nitrogens with one attached hydrogen (secondary N) is 1. The largest absolute Gasteiger partial charge is 0.359 e. The van der Waals surface area contributed by atoms with Crippen LogP contribution in [0.15, 0.2) is 30.3 Å². The molecule has 0 atom stereocenters. The number of benzene rings is 1. The zero-order valence-corrected chi connectivity index (χ0v) is 11.4. The second kappa shape index (κ2) is 7.94. The van der Waals surface area contributed by atoms with Gasteiger partial charge in [0.15, 0.2) is 0 Å². The molecule has 1 heteroatoms. The zero-order chi connectivity index (χ0) is 12.5.